The van der Waals surface area contributed by atoms with Gasteiger partial charge in [-0.25, -0.2) is 0 Å². The Balaban J connectivity index is 1.69. The number of thioether (sulfide) groups is 1. The quantitative estimate of drug-likeness (QED) is 0.631. The Labute approximate surface area is 119 Å². The maximum atomic E-state index is 4.28. The van der Waals surface area contributed by atoms with Gasteiger partial charge in [0.05, 0.1) is 6.54 Å². The Morgan fingerprint density at radius 2 is 2.42 bits per heavy atom. The second-order valence-electron chi connectivity index (χ2n) is 4.78. The van der Waals surface area contributed by atoms with Crippen LogP contribution in [0.25, 0.3) is 0 Å². The summed E-state index contributed by atoms with van der Waals surface area (Å²) in [5.41, 5.74) is 0. The summed E-state index contributed by atoms with van der Waals surface area (Å²) in [5.74, 6) is 0.902. The van der Waals surface area contributed by atoms with Crippen LogP contribution in [0.4, 0.5) is 0 Å². The molecule has 1 aliphatic rings. The lowest BCUT2D eigenvalue weighted by atomic mass is 10.2. The molecule has 1 fully saturated rings. The van der Waals surface area contributed by atoms with Gasteiger partial charge < -0.3 is 10.6 Å². The van der Waals surface area contributed by atoms with Crippen LogP contribution in [0.3, 0.4) is 0 Å². The van der Waals surface area contributed by atoms with Crippen molar-refractivity contribution in [3.8, 4) is 0 Å². The van der Waals surface area contributed by atoms with Crippen LogP contribution in [-0.2, 0) is 6.54 Å². The molecule has 0 aliphatic heterocycles. The summed E-state index contributed by atoms with van der Waals surface area (Å²) < 4.78 is 1.92. The van der Waals surface area contributed by atoms with Crippen LogP contribution in [0, 0.1) is 0 Å². The number of nitrogens with one attached hydrogen (secondary N) is 2. The topological polar surface area (TPSA) is 54.2 Å². The van der Waals surface area contributed by atoms with Gasteiger partial charge in [0, 0.05) is 37.3 Å². The van der Waals surface area contributed by atoms with Crippen LogP contribution in [-0.4, -0.2) is 46.9 Å². The molecule has 1 aliphatic carbocycles. The zero-order chi connectivity index (χ0) is 13.5. The molecule has 2 unspecified atom stereocenters. The summed E-state index contributed by atoms with van der Waals surface area (Å²) in [4.78, 5) is 4.28. The Bertz CT molecular complexity index is 390. The van der Waals surface area contributed by atoms with Crippen LogP contribution in [0.2, 0.25) is 0 Å². The number of aliphatic imine (C=N–C) groups is 1. The van der Waals surface area contributed by atoms with Gasteiger partial charge in [-0.2, -0.15) is 16.9 Å². The number of nitrogens with zero attached hydrogens (tertiary/aromatic N) is 3. The van der Waals surface area contributed by atoms with E-state index in [1.165, 1.54) is 19.3 Å². The highest BCUT2D eigenvalue weighted by Crippen LogP contribution is 2.27. The zero-order valence-corrected chi connectivity index (χ0v) is 12.5. The number of hydrogen-bond donors (Lipinski definition) is 2. The van der Waals surface area contributed by atoms with E-state index in [2.05, 4.69) is 27.0 Å². The van der Waals surface area contributed by atoms with E-state index in [-0.39, 0.29) is 0 Å². The SMILES string of the molecule is CN=C(NCCn1cccn1)NC1CCC(SC)C1. The average molecular weight is 281 g/mol. The molecule has 2 atom stereocenters. The predicted octanol–water partition coefficient (Wildman–Crippen LogP) is 1.33. The van der Waals surface area contributed by atoms with Crippen molar-refractivity contribution < 1.29 is 0 Å². The largest absolute Gasteiger partial charge is 0.355 e. The summed E-state index contributed by atoms with van der Waals surface area (Å²) in [6, 6.07) is 2.50. The van der Waals surface area contributed by atoms with E-state index in [1.54, 1.807) is 6.20 Å². The van der Waals surface area contributed by atoms with E-state index in [1.807, 2.05) is 35.8 Å². The molecule has 0 saturated heterocycles. The van der Waals surface area contributed by atoms with Gasteiger partial charge in [0.25, 0.3) is 0 Å². The highest BCUT2D eigenvalue weighted by Gasteiger charge is 2.24. The van der Waals surface area contributed by atoms with Gasteiger partial charge in [-0.05, 0) is 31.6 Å². The first-order valence-electron chi connectivity index (χ1n) is 6.79. The lowest BCUT2D eigenvalue weighted by Crippen LogP contribution is -2.43. The smallest absolute Gasteiger partial charge is 0.191 e. The van der Waals surface area contributed by atoms with Crippen molar-refractivity contribution in [1.29, 1.82) is 0 Å². The monoisotopic (exact) mass is 281 g/mol. The Kier molecular flexibility index (Phi) is 5.57. The molecule has 0 radical (unpaired) electrons. The minimum absolute atomic E-state index is 0.563. The first-order chi connectivity index (χ1) is 9.31. The minimum atomic E-state index is 0.563. The molecule has 1 saturated carbocycles. The Morgan fingerprint density at radius 1 is 1.53 bits per heavy atom. The molecule has 106 valence electrons. The minimum Gasteiger partial charge on any atom is -0.355 e. The van der Waals surface area contributed by atoms with Crippen molar-refractivity contribution >= 4 is 17.7 Å². The van der Waals surface area contributed by atoms with Crippen LogP contribution in [0.5, 0.6) is 0 Å². The molecule has 1 aromatic heterocycles. The number of aromatic nitrogens is 2. The summed E-state index contributed by atoms with van der Waals surface area (Å²) in [7, 11) is 1.82. The van der Waals surface area contributed by atoms with E-state index in [4.69, 9.17) is 0 Å². The second kappa shape index (κ2) is 7.43. The van der Waals surface area contributed by atoms with E-state index in [0.717, 1.165) is 24.3 Å². The van der Waals surface area contributed by atoms with Gasteiger partial charge in [0.15, 0.2) is 5.96 Å². The number of guanidine groups is 1. The standard InChI is InChI=1S/C13H23N5S/c1-14-13(15-7-9-18-8-3-6-16-18)17-11-4-5-12(10-11)19-2/h3,6,8,11-12H,4-5,7,9-10H2,1-2H3,(H2,14,15,17). The zero-order valence-electron chi connectivity index (χ0n) is 11.7. The van der Waals surface area contributed by atoms with Crippen molar-refractivity contribution in [2.75, 3.05) is 19.8 Å². The van der Waals surface area contributed by atoms with Gasteiger partial charge in [0.2, 0.25) is 0 Å². The second-order valence-corrected chi connectivity index (χ2v) is 5.92. The summed E-state index contributed by atoms with van der Waals surface area (Å²) in [6.45, 7) is 1.69. The van der Waals surface area contributed by atoms with Gasteiger partial charge >= 0.3 is 0 Å². The van der Waals surface area contributed by atoms with Crippen LogP contribution in [0.1, 0.15) is 19.3 Å². The molecular weight excluding hydrogens is 258 g/mol. The fourth-order valence-corrected chi connectivity index (χ4v) is 3.19. The van der Waals surface area contributed by atoms with Crippen LogP contribution >= 0.6 is 11.8 Å². The molecule has 0 aromatic carbocycles. The van der Waals surface area contributed by atoms with Crippen molar-refractivity contribution in [3.63, 3.8) is 0 Å². The molecular formula is C13H23N5S. The molecule has 2 rings (SSSR count). The van der Waals surface area contributed by atoms with Gasteiger partial charge in [-0.15, -0.1) is 0 Å². The molecule has 0 amide bonds. The van der Waals surface area contributed by atoms with E-state index >= 15 is 0 Å². The Hall–Kier alpha value is -1.17. The third-order valence-corrected chi connectivity index (χ3v) is 4.57. The van der Waals surface area contributed by atoms with Crippen LogP contribution < -0.4 is 10.6 Å². The Morgan fingerprint density at radius 3 is 3.05 bits per heavy atom. The fourth-order valence-electron chi connectivity index (χ4n) is 2.39. The number of hydrogen-bond acceptors (Lipinski definition) is 3. The number of rotatable bonds is 5. The molecule has 2 N–H and O–H groups in total. The average Bonchev–Trinajstić information content (AvgIpc) is 3.08. The van der Waals surface area contributed by atoms with E-state index in [0.29, 0.717) is 6.04 Å². The third-order valence-electron chi connectivity index (χ3n) is 3.47. The van der Waals surface area contributed by atoms with Crippen molar-refractivity contribution in [2.24, 2.45) is 4.99 Å². The van der Waals surface area contributed by atoms with Crippen molar-refractivity contribution in [3.05, 3.63) is 18.5 Å². The lowest BCUT2D eigenvalue weighted by molar-refractivity contribution is 0.579. The first-order valence-corrected chi connectivity index (χ1v) is 8.08. The molecule has 5 nitrogen and oxygen atoms in total. The first kappa shape index (κ1) is 14.2. The van der Waals surface area contributed by atoms with E-state index in [9.17, 15) is 0 Å². The normalized spacial score (nSPS) is 23.6. The maximum Gasteiger partial charge on any atom is 0.191 e. The van der Waals surface area contributed by atoms with Gasteiger partial charge in [-0.1, -0.05) is 0 Å². The molecule has 1 heterocycles. The lowest BCUT2D eigenvalue weighted by Gasteiger charge is -2.17. The third kappa shape index (κ3) is 4.45. The molecule has 19 heavy (non-hydrogen) atoms. The maximum absolute atomic E-state index is 4.28. The molecule has 6 heteroatoms. The highest BCUT2D eigenvalue weighted by atomic mass is 32.2. The van der Waals surface area contributed by atoms with Gasteiger partial charge in [-0.3, -0.25) is 9.67 Å². The van der Waals surface area contributed by atoms with E-state index < -0.39 is 0 Å². The summed E-state index contributed by atoms with van der Waals surface area (Å²) >= 11 is 1.98. The molecule has 0 spiro atoms. The fraction of sp³-hybridized carbons (Fsp3) is 0.692. The molecule has 0 bridgehead atoms. The van der Waals surface area contributed by atoms with Crippen molar-refractivity contribution in [1.82, 2.24) is 20.4 Å². The summed E-state index contributed by atoms with van der Waals surface area (Å²) in [6.07, 6.45) is 9.76. The summed E-state index contributed by atoms with van der Waals surface area (Å²) in [5, 5.41) is 11.8. The predicted molar refractivity (Wildman–Crippen MR) is 81.7 cm³/mol. The molecule has 1 aromatic rings. The van der Waals surface area contributed by atoms with Crippen molar-refractivity contribution in [2.45, 2.75) is 37.1 Å². The van der Waals surface area contributed by atoms with Crippen LogP contribution in [0.15, 0.2) is 23.5 Å². The van der Waals surface area contributed by atoms with Gasteiger partial charge in [0.1, 0.15) is 0 Å². The highest BCUT2D eigenvalue weighted by molar-refractivity contribution is 7.99.